The Morgan fingerprint density at radius 3 is 2.86 bits per heavy atom. The number of imidazole rings is 1. The molecule has 0 spiro atoms. The van der Waals surface area contributed by atoms with Gasteiger partial charge in [0.1, 0.15) is 5.82 Å². The van der Waals surface area contributed by atoms with E-state index in [2.05, 4.69) is 14.9 Å². The molecule has 0 saturated heterocycles. The van der Waals surface area contributed by atoms with Crippen LogP contribution >= 0.6 is 11.8 Å². The molecule has 1 aliphatic carbocycles. The maximum atomic E-state index is 12.8. The topological polar surface area (TPSA) is 46.9 Å². The average molecular weight is 305 g/mol. The maximum Gasteiger partial charge on any atom is 0.225 e. The number of halogens is 1. The Bertz CT molecular complexity index is 622. The molecule has 1 N–H and O–H groups in total. The highest BCUT2D eigenvalue weighted by atomic mass is 32.2. The van der Waals surface area contributed by atoms with Gasteiger partial charge in [0.05, 0.1) is 0 Å². The third-order valence-electron chi connectivity index (χ3n) is 3.26. The van der Waals surface area contributed by atoms with Crippen molar-refractivity contribution in [2.75, 3.05) is 11.1 Å². The molecule has 0 aliphatic heterocycles. The number of aromatic nitrogens is 2. The summed E-state index contributed by atoms with van der Waals surface area (Å²) in [5.41, 5.74) is 0.617. The van der Waals surface area contributed by atoms with Gasteiger partial charge in [-0.2, -0.15) is 0 Å². The minimum atomic E-state index is -0.310. The molecular formula is C15H16FN3OS. The molecule has 2 aromatic rings. The number of nitrogens with zero attached hydrogens (tertiary/aromatic N) is 2. The van der Waals surface area contributed by atoms with E-state index in [0.717, 1.165) is 5.16 Å². The summed E-state index contributed by atoms with van der Waals surface area (Å²) in [6.45, 7) is 0. The van der Waals surface area contributed by atoms with E-state index in [1.807, 2.05) is 6.20 Å². The zero-order valence-electron chi connectivity index (χ0n) is 11.5. The van der Waals surface area contributed by atoms with Crippen molar-refractivity contribution in [2.24, 2.45) is 0 Å². The lowest BCUT2D eigenvalue weighted by Gasteiger charge is -2.06. The predicted octanol–water partition coefficient (Wildman–Crippen LogP) is 3.48. The van der Waals surface area contributed by atoms with Crippen LogP contribution in [0.4, 0.5) is 10.1 Å². The Morgan fingerprint density at radius 2 is 2.14 bits per heavy atom. The summed E-state index contributed by atoms with van der Waals surface area (Å²) in [4.78, 5) is 16.1. The average Bonchev–Trinajstić information content (AvgIpc) is 3.21. The first-order chi connectivity index (χ1) is 10.2. The molecule has 1 aromatic heterocycles. The molecule has 110 valence electrons. The Balaban J connectivity index is 1.45. The highest BCUT2D eigenvalue weighted by Gasteiger charge is 2.25. The monoisotopic (exact) mass is 305 g/mol. The first-order valence-corrected chi connectivity index (χ1v) is 7.92. The number of thioether (sulfide) groups is 1. The minimum absolute atomic E-state index is 0.0707. The molecule has 1 amide bonds. The van der Waals surface area contributed by atoms with Crippen molar-refractivity contribution in [3.63, 3.8) is 0 Å². The fraction of sp³-hybridized carbons (Fsp3) is 0.333. The molecule has 1 aromatic carbocycles. The second-order valence-electron chi connectivity index (χ2n) is 5.00. The number of carbonyl (C=O) groups is 1. The van der Waals surface area contributed by atoms with E-state index < -0.39 is 0 Å². The van der Waals surface area contributed by atoms with Crippen molar-refractivity contribution >= 4 is 23.4 Å². The first kappa shape index (κ1) is 14.1. The van der Waals surface area contributed by atoms with E-state index in [0.29, 0.717) is 23.9 Å². The van der Waals surface area contributed by atoms with Crippen LogP contribution in [0.25, 0.3) is 0 Å². The van der Waals surface area contributed by atoms with Crippen LogP contribution in [-0.4, -0.2) is 21.2 Å². The lowest BCUT2D eigenvalue weighted by atomic mass is 10.3. The lowest BCUT2D eigenvalue weighted by molar-refractivity contribution is -0.115. The summed E-state index contributed by atoms with van der Waals surface area (Å²) in [6, 6.07) is 6.37. The predicted molar refractivity (Wildman–Crippen MR) is 80.9 cm³/mol. The van der Waals surface area contributed by atoms with Crippen LogP contribution in [-0.2, 0) is 4.79 Å². The molecule has 4 nitrogen and oxygen atoms in total. The minimum Gasteiger partial charge on any atom is -0.326 e. The summed E-state index contributed by atoms with van der Waals surface area (Å²) in [7, 11) is 0. The second kappa shape index (κ2) is 6.30. The summed E-state index contributed by atoms with van der Waals surface area (Å²) < 4.78 is 14.9. The zero-order chi connectivity index (χ0) is 14.7. The first-order valence-electron chi connectivity index (χ1n) is 6.93. The number of hydrogen-bond donors (Lipinski definition) is 1. The van der Waals surface area contributed by atoms with Crippen LogP contribution in [0.2, 0.25) is 0 Å². The molecule has 1 fully saturated rings. The van der Waals surface area contributed by atoms with Crippen molar-refractivity contribution in [3.8, 4) is 0 Å². The Labute approximate surface area is 126 Å². The van der Waals surface area contributed by atoms with Gasteiger partial charge in [-0.3, -0.25) is 4.79 Å². The number of nitrogens with one attached hydrogen (secondary N) is 1. The van der Waals surface area contributed by atoms with Gasteiger partial charge in [0, 0.05) is 36.3 Å². The molecule has 1 saturated carbocycles. The SMILES string of the molecule is O=C(CCSc1nccn1C1CC1)Nc1ccc(F)cc1. The number of amides is 1. The van der Waals surface area contributed by atoms with Gasteiger partial charge < -0.3 is 9.88 Å². The molecule has 3 rings (SSSR count). The van der Waals surface area contributed by atoms with E-state index in [4.69, 9.17) is 0 Å². The highest BCUT2D eigenvalue weighted by molar-refractivity contribution is 7.99. The van der Waals surface area contributed by atoms with Gasteiger partial charge in [-0.1, -0.05) is 11.8 Å². The molecule has 0 bridgehead atoms. The van der Waals surface area contributed by atoms with Crippen LogP contribution in [0.5, 0.6) is 0 Å². The van der Waals surface area contributed by atoms with E-state index in [9.17, 15) is 9.18 Å². The Morgan fingerprint density at radius 1 is 1.38 bits per heavy atom. The molecule has 1 aliphatic rings. The molecule has 0 radical (unpaired) electrons. The fourth-order valence-electron chi connectivity index (χ4n) is 2.03. The summed E-state index contributed by atoms with van der Waals surface area (Å²) >= 11 is 1.59. The van der Waals surface area contributed by atoms with Gasteiger partial charge in [-0.25, -0.2) is 9.37 Å². The summed E-state index contributed by atoms with van der Waals surface area (Å²) in [6.07, 6.45) is 6.64. The third kappa shape index (κ3) is 3.85. The number of anilines is 1. The van der Waals surface area contributed by atoms with E-state index in [1.165, 1.54) is 25.0 Å². The second-order valence-corrected chi connectivity index (χ2v) is 6.06. The quantitative estimate of drug-likeness (QED) is 0.831. The van der Waals surface area contributed by atoms with Crippen molar-refractivity contribution in [1.29, 1.82) is 0 Å². The van der Waals surface area contributed by atoms with Crippen LogP contribution in [0, 0.1) is 5.82 Å². The normalized spacial score (nSPS) is 14.1. The van der Waals surface area contributed by atoms with Crippen LogP contribution in [0.3, 0.4) is 0 Å². The Kier molecular flexibility index (Phi) is 4.24. The number of carbonyl (C=O) groups excluding carboxylic acids is 1. The standard InChI is InChI=1S/C15H16FN3OS/c16-11-1-3-12(4-2-11)18-14(20)7-10-21-15-17-8-9-19(15)13-5-6-13/h1-4,8-9,13H,5-7,10H2,(H,18,20). The van der Waals surface area contributed by atoms with Crippen LogP contribution in [0.1, 0.15) is 25.3 Å². The summed E-state index contributed by atoms with van der Waals surface area (Å²) in [5, 5.41) is 3.73. The largest absolute Gasteiger partial charge is 0.326 e. The van der Waals surface area contributed by atoms with Gasteiger partial charge in [-0.05, 0) is 37.1 Å². The van der Waals surface area contributed by atoms with E-state index in [-0.39, 0.29) is 11.7 Å². The van der Waals surface area contributed by atoms with Gasteiger partial charge >= 0.3 is 0 Å². The highest BCUT2D eigenvalue weighted by Crippen LogP contribution is 2.37. The van der Waals surface area contributed by atoms with Gasteiger partial charge in [-0.15, -0.1) is 0 Å². The van der Waals surface area contributed by atoms with Crippen LogP contribution in [0.15, 0.2) is 41.8 Å². The van der Waals surface area contributed by atoms with Gasteiger partial charge in [0.15, 0.2) is 5.16 Å². The number of hydrogen-bond acceptors (Lipinski definition) is 3. The third-order valence-corrected chi connectivity index (χ3v) is 4.24. The van der Waals surface area contributed by atoms with Crippen molar-refractivity contribution < 1.29 is 9.18 Å². The number of benzene rings is 1. The maximum absolute atomic E-state index is 12.8. The molecule has 1 heterocycles. The lowest BCUT2D eigenvalue weighted by Crippen LogP contribution is -2.12. The number of rotatable bonds is 6. The van der Waals surface area contributed by atoms with Crippen molar-refractivity contribution in [2.45, 2.75) is 30.5 Å². The van der Waals surface area contributed by atoms with E-state index >= 15 is 0 Å². The van der Waals surface area contributed by atoms with Crippen LogP contribution < -0.4 is 5.32 Å². The van der Waals surface area contributed by atoms with Gasteiger partial charge in [0.2, 0.25) is 5.91 Å². The molecule has 21 heavy (non-hydrogen) atoms. The summed E-state index contributed by atoms with van der Waals surface area (Å²) in [5.74, 6) is 0.297. The Hall–Kier alpha value is -1.82. The molecule has 0 unspecified atom stereocenters. The molecule has 0 atom stereocenters. The van der Waals surface area contributed by atoms with Crippen molar-refractivity contribution in [3.05, 3.63) is 42.5 Å². The van der Waals surface area contributed by atoms with Crippen molar-refractivity contribution in [1.82, 2.24) is 9.55 Å². The smallest absolute Gasteiger partial charge is 0.225 e. The van der Waals surface area contributed by atoms with Gasteiger partial charge in [0.25, 0.3) is 0 Å². The fourth-order valence-corrected chi connectivity index (χ4v) is 3.00. The molecular weight excluding hydrogens is 289 g/mol. The van der Waals surface area contributed by atoms with E-state index in [1.54, 1.807) is 30.1 Å². The molecule has 6 heteroatoms. The zero-order valence-corrected chi connectivity index (χ0v) is 12.3.